The fraction of sp³-hybridized carbons (Fsp3) is 0.538. The van der Waals surface area contributed by atoms with E-state index in [2.05, 4.69) is 25.5 Å². The van der Waals surface area contributed by atoms with Crippen LogP contribution >= 0.6 is 0 Å². The highest BCUT2D eigenvalue weighted by atomic mass is 32.2. The highest BCUT2D eigenvalue weighted by molar-refractivity contribution is 7.89. The van der Waals surface area contributed by atoms with Gasteiger partial charge in [-0.3, -0.25) is 0 Å². The molecule has 4 heteroatoms. The first-order chi connectivity index (χ1) is 7.63. The zero-order chi connectivity index (χ0) is 13.3. The molecule has 0 spiro atoms. The van der Waals surface area contributed by atoms with Gasteiger partial charge in [0.25, 0.3) is 0 Å². The second kappa shape index (κ2) is 4.78. The van der Waals surface area contributed by atoms with Gasteiger partial charge in [-0.2, -0.15) is 0 Å². The molecular formula is C13H21NO2S. The van der Waals surface area contributed by atoms with Gasteiger partial charge in [0.05, 0.1) is 4.90 Å². The lowest BCUT2D eigenvalue weighted by Gasteiger charge is -2.19. The van der Waals surface area contributed by atoms with Crippen molar-refractivity contribution < 1.29 is 8.42 Å². The number of sulfonamides is 1. The van der Waals surface area contributed by atoms with Gasteiger partial charge < -0.3 is 0 Å². The van der Waals surface area contributed by atoms with Crippen LogP contribution in [0.5, 0.6) is 0 Å². The predicted molar refractivity (Wildman–Crippen MR) is 70.6 cm³/mol. The van der Waals surface area contributed by atoms with Crippen molar-refractivity contribution in [3.8, 4) is 0 Å². The van der Waals surface area contributed by atoms with Crippen LogP contribution in [-0.2, 0) is 15.4 Å². The third kappa shape index (κ3) is 3.82. The lowest BCUT2D eigenvalue weighted by Crippen LogP contribution is -2.30. The molecule has 1 aromatic carbocycles. The second-order valence-electron chi connectivity index (χ2n) is 5.55. The van der Waals surface area contributed by atoms with E-state index >= 15 is 0 Å². The summed E-state index contributed by atoms with van der Waals surface area (Å²) in [6.07, 6.45) is 0. The Hall–Kier alpha value is -0.870. The standard InChI is InChI=1S/C13H21NO2S/c1-10(2)14-17(15,16)12-8-6-11(7-9-12)13(3,4)5/h6-10,14H,1-5H3. The summed E-state index contributed by atoms with van der Waals surface area (Å²) in [6, 6.07) is 6.96. The molecule has 0 heterocycles. The maximum absolute atomic E-state index is 11.9. The normalized spacial score (nSPS) is 13.1. The Bertz CT molecular complexity index is 467. The van der Waals surface area contributed by atoms with E-state index < -0.39 is 10.0 Å². The van der Waals surface area contributed by atoms with Crippen LogP contribution in [0.4, 0.5) is 0 Å². The minimum absolute atomic E-state index is 0.0355. The van der Waals surface area contributed by atoms with Crippen molar-refractivity contribution in [2.24, 2.45) is 0 Å². The smallest absolute Gasteiger partial charge is 0.209 e. The molecule has 0 aromatic heterocycles. The molecule has 0 radical (unpaired) electrons. The van der Waals surface area contributed by atoms with E-state index in [0.29, 0.717) is 4.90 Å². The fourth-order valence-electron chi connectivity index (χ4n) is 1.51. The zero-order valence-corrected chi connectivity index (χ0v) is 11.9. The van der Waals surface area contributed by atoms with Gasteiger partial charge >= 0.3 is 0 Å². The molecule has 96 valence electrons. The van der Waals surface area contributed by atoms with Crippen LogP contribution in [0.25, 0.3) is 0 Å². The Balaban J connectivity index is 3.03. The Morgan fingerprint density at radius 3 is 1.88 bits per heavy atom. The van der Waals surface area contributed by atoms with Crippen LogP contribution in [0.3, 0.4) is 0 Å². The SMILES string of the molecule is CC(C)NS(=O)(=O)c1ccc(C(C)(C)C)cc1. The van der Waals surface area contributed by atoms with Crippen LogP contribution < -0.4 is 4.72 Å². The van der Waals surface area contributed by atoms with E-state index in [1.807, 2.05) is 12.1 Å². The van der Waals surface area contributed by atoms with Crippen LogP contribution in [0.15, 0.2) is 29.2 Å². The van der Waals surface area contributed by atoms with E-state index in [1.54, 1.807) is 26.0 Å². The summed E-state index contributed by atoms with van der Waals surface area (Å²) < 4.78 is 26.4. The fourth-order valence-corrected chi connectivity index (χ4v) is 2.76. The average molecular weight is 255 g/mol. The van der Waals surface area contributed by atoms with Gasteiger partial charge in [-0.05, 0) is 37.0 Å². The van der Waals surface area contributed by atoms with Crippen LogP contribution in [0.1, 0.15) is 40.2 Å². The van der Waals surface area contributed by atoms with Gasteiger partial charge in [0.1, 0.15) is 0 Å². The number of hydrogen-bond donors (Lipinski definition) is 1. The Labute approximate surface area is 104 Å². The lowest BCUT2D eigenvalue weighted by molar-refractivity contribution is 0.568. The molecule has 17 heavy (non-hydrogen) atoms. The molecule has 0 saturated carbocycles. The first-order valence-corrected chi connectivity index (χ1v) is 7.24. The Kier molecular flexibility index (Phi) is 3.99. The Morgan fingerprint density at radius 1 is 1.06 bits per heavy atom. The van der Waals surface area contributed by atoms with Crippen LogP contribution in [-0.4, -0.2) is 14.5 Å². The van der Waals surface area contributed by atoms with Crippen molar-refractivity contribution in [2.75, 3.05) is 0 Å². The minimum atomic E-state index is -3.37. The van der Waals surface area contributed by atoms with Gasteiger partial charge in [0, 0.05) is 6.04 Å². The quantitative estimate of drug-likeness (QED) is 0.902. The van der Waals surface area contributed by atoms with Crippen molar-refractivity contribution >= 4 is 10.0 Å². The number of nitrogens with one attached hydrogen (secondary N) is 1. The second-order valence-corrected chi connectivity index (χ2v) is 7.26. The number of benzene rings is 1. The molecule has 0 aliphatic rings. The Morgan fingerprint density at radius 2 is 1.53 bits per heavy atom. The maximum atomic E-state index is 11.9. The van der Waals surface area contributed by atoms with E-state index in [1.165, 1.54) is 0 Å². The minimum Gasteiger partial charge on any atom is -0.209 e. The van der Waals surface area contributed by atoms with Gasteiger partial charge in [-0.15, -0.1) is 0 Å². The largest absolute Gasteiger partial charge is 0.240 e. The van der Waals surface area contributed by atoms with Crippen molar-refractivity contribution in [2.45, 2.75) is 51.0 Å². The highest BCUT2D eigenvalue weighted by Crippen LogP contribution is 2.23. The van der Waals surface area contributed by atoms with Gasteiger partial charge in [0.15, 0.2) is 0 Å². The molecule has 1 rings (SSSR count). The number of hydrogen-bond acceptors (Lipinski definition) is 2. The summed E-state index contributed by atoms with van der Waals surface area (Å²) in [5, 5.41) is 0. The molecule has 0 amide bonds. The summed E-state index contributed by atoms with van der Waals surface area (Å²) in [7, 11) is -3.37. The topological polar surface area (TPSA) is 46.2 Å². The zero-order valence-electron chi connectivity index (χ0n) is 11.1. The third-order valence-corrected chi connectivity index (χ3v) is 4.10. The van der Waals surface area contributed by atoms with Crippen molar-refractivity contribution in [3.05, 3.63) is 29.8 Å². The van der Waals surface area contributed by atoms with E-state index in [4.69, 9.17) is 0 Å². The van der Waals surface area contributed by atoms with Gasteiger partial charge in [-0.1, -0.05) is 32.9 Å². The van der Waals surface area contributed by atoms with E-state index in [-0.39, 0.29) is 11.5 Å². The van der Waals surface area contributed by atoms with Crippen LogP contribution in [0.2, 0.25) is 0 Å². The molecule has 0 bridgehead atoms. The highest BCUT2D eigenvalue weighted by Gasteiger charge is 2.17. The van der Waals surface area contributed by atoms with Crippen molar-refractivity contribution in [1.82, 2.24) is 4.72 Å². The lowest BCUT2D eigenvalue weighted by atomic mass is 9.87. The molecule has 1 N–H and O–H groups in total. The van der Waals surface area contributed by atoms with Gasteiger partial charge in [-0.25, -0.2) is 13.1 Å². The van der Waals surface area contributed by atoms with Crippen molar-refractivity contribution in [3.63, 3.8) is 0 Å². The van der Waals surface area contributed by atoms with E-state index in [0.717, 1.165) is 5.56 Å². The predicted octanol–water partition coefficient (Wildman–Crippen LogP) is 2.67. The molecule has 1 aromatic rings. The first-order valence-electron chi connectivity index (χ1n) is 5.76. The van der Waals surface area contributed by atoms with E-state index in [9.17, 15) is 8.42 Å². The number of rotatable bonds is 3. The molecule has 0 atom stereocenters. The van der Waals surface area contributed by atoms with Crippen molar-refractivity contribution in [1.29, 1.82) is 0 Å². The molecule has 0 saturated heterocycles. The summed E-state index contributed by atoms with van der Waals surface area (Å²) in [5.41, 5.74) is 1.16. The summed E-state index contributed by atoms with van der Waals surface area (Å²) in [6.45, 7) is 9.91. The summed E-state index contributed by atoms with van der Waals surface area (Å²) in [4.78, 5) is 0.319. The summed E-state index contributed by atoms with van der Waals surface area (Å²) in [5.74, 6) is 0. The maximum Gasteiger partial charge on any atom is 0.240 e. The molecule has 3 nitrogen and oxygen atoms in total. The van der Waals surface area contributed by atoms with Gasteiger partial charge in [0.2, 0.25) is 10.0 Å². The van der Waals surface area contributed by atoms with Crippen LogP contribution in [0, 0.1) is 0 Å². The molecule has 0 aliphatic carbocycles. The molecule has 0 aliphatic heterocycles. The summed E-state index contributed by atoms with van der Waals surface area (Å²) >= 11 is 0. The molecule has 0 fully saturated rings. The monoisotopic (exact) mass is 255 g/mol. The molecular weight excluding hydrogens is 234 g/mol. The average Bonchev–Trinajstić information content (AvgIpc) is 2.14. The first kappa shape index (κ1) is 14.2. The third-order valence-electron chi connectivity index (χ3n) is 2.42. The molecule has 0 unspecified atom stereocenters.